The van der Waals surface area contributed by atoms with E-state index >= 15 is 0 Å². The lowest BCUT2D eigenvalue weighted by molar-refractivity contribution is 0.0787. The first-order valence-electron chi connectivity index (χ1n) is 12.4. The van der Waals surface area contributed by atoms with Crippen molar-refractivity contribution in [2.24, 2.45) is 0 Å². The Morgan fingerprint density at radius 1 is 1.00 bits per heavy atom. The summed E-state index contributed by atoms with van der Waals surface area (Å²) < 4.78 is 16.5. The molecule has 188 valence electrons. The molecule has 0 fully saturated rings. The Bertz CT molecular complexity index is 1750. The van der Waals surface area contributed by atoms with Crippen LogP contribution in [-0.2, 0) is 12.1 Å². The molecule has 7 heteroatoms. The van der Waals surface area contributed by atoms with E-state index in [0.29, 0.717) is 29.9 Å². The Morgan fingerprint density at radius 3 is 2.54 bits per heavy atom. The molecule has 2 N–H and O–H groups in total. The van der Waals surface area contributed by atoms with Crippen LogP contribution in [0.25, 0.3) is 27.8 Å². The smallest absolute Gasteiger partial charge is 0.272 e. The summed E-state index contributed by atoms with van der Waals surface area (Å²) in [4.78, 5) is 20.2. The third-order valence-electron chi connectivity index (χ3n) is 7.42. The van der Waals surface area contributed by atoms with E-state index < -0.39 is 5.60 Å². The molecule has 1 aliphatic heterocycles. The average Bonchev–Trinajstić information content (AvgIpc) is 3.29. The van der Waals surface area contributed by atoms with Crippen LogP contribution in [0.5, 0.6) is 0 Å². The van der Waals surface area contributed by atoms with Gasteiger partial charge in [-0.2, -0.15) is 0 Å². The summed E-state index contributed by atoms with van der Waals surface area (Å²) in [7, 11) is 1.91. The largest absolute Gasteiger partial charge is 0.386 e. The third kappa shape index (κ3) is 3.69. The van der Waals surface area contributed by atoms with Gasteiger partial charge in [0.05, 0.1) is 34.7 Å². The van der Waals surface area contributed by atoms with Crippen molar-refractivity contribution in [2.45, 2.75) is 32.9 Å². The molecule has 2 aromatic heterocycles. The number of benzene rings is 3. The van der Waals surface area contributed by atoms with E-state index in [0.717, 1.165) is 39.2 Å². The van der Waals surface area contributed by atoms with Gasteiger partial charge in [-0.3, -0.25) is 4.79 Å². The minimum Gasteiger partial charge on any atom is -0.386 e. The Labute approximate surface area is 214 Å². The van der Waals surface area contributed by atoms with Crippen LogP contribution in [0.3, 0.4) is 0 Å². The summed E-state index contributed by atoms with van der Waals surface area (Å²) in [5, 5.41) is 10.5. The molecule has 0 saturated heterocycles. The molecule has 0 amide bonds. The number of hydrogen-bond donors (Lipinski definition) is 2. The number of hydrogen-bond acceptors (Lipinski definition) is 4. The monoisotopic (exact) mass is 496 g/mol. The number of para-hydroxylation sites is 1. The molecule has 0 radical (unpaired) electrons. The molecule has 0 unspecified atom stereocenters. The van der Waals surface area contributed by atoms with Gasteiger partial charge < -0.3 is 24.3 Å². The molecule has 0 saturated carbocycles. The van der Waals surface area contributed by atoms with Crippen molar-refractivity contribution in [3.05, 3.63) is 99.6 Å². The fourth-order valence-corrected chi connectivity index (χ4v) is 5.58. The lowest BCUT2D eigenvalue weighted by Gasteiger charge is -2.38. The van der Waals surface area contributed by atoms with Crippen molar-refractivity contribution >= 4 is 27.9 Å². The molecule has 37 heavy (non-hydrogen) atoms. The number of aromatic amines is 1. The summed E-state index contributed by atoms with van der Waals surface area (Å²) in [6.45, 7) is 6.72. The highest BCUT2D eigenvalue weighted by molar-refractivity contribution is 5.85. The SMILES string of the molecule is Cc1c(-c2ccc3c(=O)[nH]c4cc(C(C)(C)O)ccc4n23)cccc1N1Cc2cccc(F)c2N(C)C1. The number of halogens is 1. The van der Waals surface area contributed by atoms with Crippen molar-refractivity contribution in [2.75, 3.05) is 23.5 Å². The molecule has 0 atom stereocenters. The van der Waals surface area contributed by atoms with E-state index in [-0.39, 0.29) is 11.4 Å². The quantitative estimate of drug-likeness (QED) is 0.344. The number of aliphatic hydroxyl groups is 1. The van der Waals surface area contributed by atoms with Crippen molar-refractivity contribution < 1.29 is 9.50 Å². The van der Waals surface area contributed by atoms with Gasteiger partial charge in [-0.1, -0.05) is 30.3 Å². The molecular weight excluding hydrogens is 467 g/mol. The zero-order valence-electron chi connectivity index (χ0n) is 21.3. The fraction of sp³-hybridized carbons (Fsp3) is 0.233. The maximum atomic E-state index is 14.5. The van der Waals surface area contributed by atoms with Gasteiger partial charge in [0.1, 0.15) is 11.3 Å². The second-order valence-electron chi connectivity index (χ2n) is 10.4. The number of rotatable bonds is 3. The molecule has 3 aromatic carbocycles. The second kappa shape index (κ2) is 8.21. The summed E-state index contributed by atoms with van der Waals surface area (Å²) in [5.74, 6) is -0.199. The maximum Gasteiger partial charge on any atom is 0.272 e. The van der Waals surface area contributed by atoms with Crippen LogP contribution >= 0.6 is 0 Å². The highest BCUT2D eigenvalue weighted by Crippen LogP contribution is 2.37. The normalized spacial score (nSPS) is 14.0. The van der Waals surface area contributed by atoms with Gasteiger partial charge in [-0.15, -0.1) is 0 Å². The third-order valence-corrected chi connectivity index (χ3v) is 7.42. The number of nitrogens with zero attached hydrogens (tertiary/aromatic N) is 3. The van der Waals surface area contributed by atoms with E-state index in [4.69, 9.17) is 0 Å². The summed E-state index contributed by atoms with van der Waals surface area (Å²) in [6, 6.07) is 20.9. The molecule has 0 bridgehead atoms. The zero-order chi connectivity index (χ0) is 26.1. The Kier molecular flexibility index (Phi) is 5.17. The first-order valence-corrected chi connectivity index (χ1v) is 12.4. The molecule has 0 spiro atoms. The topological polar surface area (TPSA) is 64.0 Å². The summed E-state index contributed by atoms with van der Waals surface area (Å²) in [5.41, 5.74) is 7.29. The van der Waals surface area contributed by atoms with Crippen LogP contribution in [-0.4, -0.2) is 28.2 Å². The van der Waals surface area contributed by atoms with Gasteiger partial charge >= 0.3 is 0 Å². The van der Waals surface area contributed by atoms with Crippen LogP contribution in [0.1, 0.15) is 30.5 Å². The minimum absolute atomic E-state index is 0.184. The van der Waals surface area contributed by atoms with Crippen molar-refractivity contribution in [3.8, 4) is 11.3 Å². The van der Waals surface area contributed by atoms with Crippen LogP contribution in [0.4, 0.5) is 15.8 Å². The highest BCUT2D eigenvalue weighted by Gasteiger charge is 2.25. The number of nitrogens with one attached hydrogen (secondary N) is 1. The van der Waals surface area contributed by atoms with Crippen molar-refractivity contribution in [1.82, 2.24) is 9.38 Å². The summed E-state index contributed by atoms with van der Waals surface area (Å²) in [6.07, 6.45) is 0. The molecule has 1 aliphatic rings. The van der Waals surface area contributed by atoms with Gasteiger partial charge in [0.15, 0.2) is 0 Å². The van der Waals surface area contributed by atoms with Crippen molar-refractivity contribution in [3.63, 3.8) is 0 Å². The van der Waals surface area contributed by atoms with Gasteiger partial charge in [-0.05, 0) is 73.9 Å². The Balaban J connectivity index is 1.50. The Morgan fingerprint density at radius 2 is 1.76 bits per heavy atom. The molecule has 5 aromatic rings. The van der Waals surface area contributed by atoms with Crippen LogP contribution in [0.2, 0.25) is 0 Å². The predicted molar refractivity (Wildman–Crippen MR) is 147 cm³/mol. The maximum absolute atomic E-state index is 14.5. The number of anilines is 2. The predicted octanol–water partition coefficient (Wildman–Crippen LogP) is 5.54. The minimum atomic E-state index is -1.02. The van der Waals surface area contributed by atoms with Gasteiger partial charge in [0.25, 0.3) is 5.56 Å². The molecule has 6 nitrogen and oxygen atoms in total. The number of H-pyrrole nitrogens is 1. The van der Waals surface area contributed by atoms with E-state index in [1.54, 1.807) is 19.9 Å². The average molecular weight is 497 g/mol. The van der Waals surface area contributed by atoms with Crippen LogP contribution < -0.4 is 15.4 Å². The second-order valence-corrected chi connectivity index (χ2v) is 10.4. The van der Waals surface area contributed by atoms with E-state index in [2.05, 4.69) is 28.9 Å². The van der Waals surface area contributed by atoms with E-state index in [1.165, 1.54) is 6.07 Å². The number of fused-ring (bicyclic) bond motifs is 4. The van der Waals surface area contributed by atoms with Gasteiger partial charge in [0.2, 0.25) is 0 Å². The van der Waals surface area contributed by atoms with Crippen LogP contribution in [0.15, 0.2) is 71.5 Å². The fourth-order valence-electron chi connectivity index (χ4n) is 5.58. The van der Waals surface area contributed by atoms with E-state index in [9.17, 15) is 14.3 Å². The highest BCUT2D eigenvalue weighted by atomic mass is 19.1. The molecular formula is C30H29FN4O2. The number of aromatic nitrogens is 2. The summed E-state index contributed by atoms with van der Waals surface area (Å²) >= 11 is 0. The van der Waals surface area contributed by atoms with E-state index in [1.807, 2.05) is 58.8 Å². The zero-order valence-corrected chi connectivity index (χ0v) is 21.3. The lowest BCUT2D eigenvalue weighted by Crippen LogP contribution is -2.41. The standard InChI is InChI=1S/C30H29FN4O2/c1-18-21(8-6-10-24(18)34-16-19-7-5-9-22(31)28(19)33(4)17-34)25-13-14-27-29(36)32-23-15-20(30(2,3)37)11-12-26(23)35(25)27/h5-15,37H,16-17H2,1-4H3,(H,32,36). The molecule has 6 rings (SSSR count). The lowest BCUT2D eigenvalue weighted by atomic mass is 9.98. The molecule has 0 aliphatic carbocycles. The van der Waals surface area contributed by atoms with Crippen LogP contribution in [0, 0.1) is 12.7 Å². The molecule has 3 heterocycles. The van der Waals surface area contributed by atoms with Gasteiger partial charge in [0, 0.05) is 24.8 Å². The van der Waals surface area contributed by atoms with Gasteiger partial charge in [-0.25, -0.2) is 4.39 Å². The first kappa shape index (κ1) is 23.3. The Hall–Kier alpha value is -4.10. The first-order chi connectivity index (χ1) is 17.6. The van der Waals surface area contributed by atoms with Crippen molar-refractivity contribution in [1.29, 1.82) is 0 Å².